The van der Waals surface area contributed by atoms with Gasteiger partial charge in [0.2, 0.25) is 5.91 Å². The molecular formula is C27H40N2O3. The number of carbonyl (C=O) groups is 2. The summed E-state index contributed by atoms with van der Waals surface area (Å²) in [5, 5.41) is 0. The third-order valence-corrected chi connectivity index (χ3v) is 7.70. The zero-order chi connectivity index (χ0) is 22.3. The molecule has 0 spiro atoms. The van der Waals surface area contributed by atoms with Gasteiger partial charge in [0.25, 0.3) is 5.91 Å². The molecule has 0 unspecified atom stereocenters. The van der Waals surface area contributed by atoms with E-state index in [2.05, 4.69) is 4.90 Å². The molecule has 1 aromatic rings. The first kappa shape index (κ1) is 23.1. The number of fused-ring (bicyclic) bond motifs is 2. The van der Waals surface area contributed by atoms with Gasteiger partial charge in [-0.05, 0) is 64.0 Å². The van der Waals surface area contributed by atoms with Crippen LogP contribution < -0.4 is 4.74 Å². The maximum Gasteiger partial charge on any atom is 0.257 e. The van der Waals surface area contributed by atoms with Crippen molar-refractivity contribution in [2.75, 3.05) is 19.6 Å². The Bertz CT molecular complexity index is 774. The zero-order valence-electron chi connectivity index (χ0n) is 19.8. The van der Waals surface area contributed by atoms with E-state index in [4.69, 9.17) is 4.74 Å². The van der Waals surface area contributed by atoms with E-state index in [1.54, 1.807) is 0 Å². The number of rotatable bonds is 2. The van der Waals surface area contributed by atoms with E-state index in [9.17, 15) is 9.59 Å². The molecule has 5 nitrogen and oxygen atoms in total. The highest BCUT2D eigenvalue weighted by Gasteiger charge is 2.38. The standard InChI is InChI=1S/C27H40N2O3/c1-2-28-19-11-3-4-12-20-29(26(30)21-13-5-6-14-21)23-16-8-10-18-25(23)32-24-17-9-7-15-22(24)27(28)31/h7,9,15,17,21,23,25H,2-6,8,10-14,16,18-20H2,1H3/t23-,25+/m1/s1. The van der Waals surface area contributed by atoms with Gasteiger partial charge in [0.05, 0.1) is 11.6 Å². The second kappa shape index (κ2) is 11.2. The fourth-order valence-electron chi connectivity index (χ4n) is 5.84. The van der Waals surface area contributed by atoms with E-state index in [1.165, 1.54) is 12.8 Å². The summed E-state index contributed by atoms with van der Waals surface area (Å²) in [6.45, 7) is 4.38. The summed E-state index contributed by atoms with van der Waals surface area (Å²) in [6.07, 6.45) is 12.8. The summed E-state index contributed by atoms with van der Waals surface area (Å²) in [7, 11) is 0. The van der Waals surface area contributed by atoms with Crippen LogP contribution in [0.1, 0.15) is 94.3 Å². The summed E-state index contributed by atoms with van der Waals surface area (Å²) in [6, 6.07) is 7.81. The molecule has 0 bridgehead atoms. The molecule has 0 aromatic heterocycles. The first-order chi connectivity index (χ1) is 15.7. The van der Waals surface area contributed by atoms with Crippen LogP contribution in [-0.4, -0.2) is 53.4 Å². The maximum atomic E-state index is 13.6. The van der Waals surface area contributed by atoms with E-state index >= 15 is 0 Å². The molecular weight excluding hydrogens is 400 g/mol. The molecule has 2 saturated carbocycles. The normalized spacial score (nSPS) is 26.1. The molecule has 1 aromatic carbocycles. The highest BCUT2D eigenvalue weighted by molar-refractivity contribution is 5.97. The minimum absolute atomic E-state index is 0.0407. The van der Waals surface area contributed by atoms with Crippen LogP contribution in [0.25, 0.3) is 0 Å². The Hall–Kier alpha value is -2.04. The van der Waals surface area contributed by atoms with Crippen LogP contribution in [0.5, 0.6) is 5.75 Å². The summed E-state index contributed by atoms with van der Waals surface area (Å²) in [4.78, 5) is 31.1. The van der Waals surface area contributed by atoms with Crippen LogP contribution in [-0.2, 0) is 4.79 Å². The number of hydrogen-bond donors (Lipinski definition) is 0. The van der Waals surface area contributed by atoms with Crippen LogP contribution in [0.2, 0.25) is 0 Å². The van der Waals surface area contributed by atoms with Gasteiger partial charge in [0, 0.05) is 25.6 Å². The van der Waals surface area contributed by atoms with Crippen molar-refractivity contribution >= 4 is 11.8 Å². The summed E-state index contributed by atoms with van der Waals surface area (Å²) >= 11 is 0. The summed E-state index contributed by atoms with van der Waals surface area (Å²) in [5.41, 5.74) is 0.657. The Labute approximate surface area is 193 Å². The van der Waals surface area contributed by atoms with Gasteiger partial charge in [-0.2, -0.15) is 0 Å². The predicted molar refractivity (Wildman–Crippen MR) is 127 cm³/mol. The Morgan fingerprint density at radius 3 is 2.38 bits per heavy atom. The number of benzene rings is 1. The van der Waals surface area contributed by atoms with E-state index in [1.807, 2.05) is 36.1 Å². The number of para-hydroxylation sites is 1. The lowest BCUT2D eigenvalue weighted by molar-refractivity contribution is -0.141. The average Bonchev–Trinajstić information content (AvgIpc) is 3.36. The van der Waals surface area contributed by atoms with Crippen LogP contribution in [0.15, 0.2) is 24.3 Å². The smallest absolute Gasteiger partial charge is 0.257 e. The van der Waals surface area contributed by atoms with Gasteiger partial charge in [0.15, 0.2) is 0 Å². The first-order valence-electron chi connectivity index (χ1n) is 13.0. The Morgan fingerprint density at radius 1 is 0.906 bits per heavy atom. The average molecular weight is 441 g/mol. The number of ether oxygens (including phenoxy) is 1. The number of hydrogen-bond acceptors (Lipinski definition) is 3. The van der Waals surface area contributed by atoms with Crippen molar-refractivity contribution in [3.05, 3.63) is 29.8 Å². The first-order valence-corrected chi connectivity index (χ1v) is 13.0. The Kier molecular flexibility index (Phi) is 8.10. The van der Waals surface area contributed by atoms with E-state index in [0.29, 0.717) is 23.8 Å². The van der Waals surface area contributed by atoms with Gasteiger partial charge in [-0.1, -0.05) is 44.2 Å². The molecule has 4 rings (SSSR count). The second-order valence-corrected chi connectivity index (χ2v) is 9.82. The van der Waals surface area contributed by atoms with Gasteiger partial charge in [-0.25, -0.2) is 0 Å². The lowest BCUT2D eigenvalue weighted by Crippen LogP contribution is -2.52. The lowest BCUT2D eigenvalue weighted by Gasteiger charge is -2.41. The van der Waals surface area contributed by atoms with E-state index < -0.39 is 0 Å². The van der Waals surface area contributed by atoms with Crippen LogP contribution in [0.3, 0.4) is 0 Å². The van der Waals surface area contributed by atoms with Crippen LogP contribution >= 0.6 is 0 Å². The van der Waals surface area contributed by atoms with E-state index in [0.717, 1.165) is 77.3 Å². The van der Waals surface area contributed by atoms with Crippen LogP contribution in [0.4, 0.5) is 0 Å². The number of nitrogens with zero attached hydrogens (tertiary/aromatic N) is 2. The lowest BCUT2D eigenvalue weighted by atomic mass is 9.89. The largest absolute Gasteiger partial charge is 0.487 e. The number of amides is 2. The number of carbonyl (C=O) groups excluding carboxylic acids is 2. The molecule has 5 heteroatoms. The third kappa shape index (κ3) is 5.29. The molecule has 0 radical (unpaired) electrons. The van der Waals surface area contributed by atoms with E-state index in [-0.39, 0.29) is 24.0 Å². The van der Waals surface area contributed by atoms with Gasteiger partial charge in [0.1, 0.15) is 11.9 Å². The SMILES string of the molecule is CCN1CCCCCCN(C(=O)C2CCCC2)[C@@H]2CCCC[C@@H]2Oc2ccccc2C1=O. The molecule has 0 saturated heterocycles. The maximum absolute atomic E-state index is 13.6. The molecule has 2 aliphatic carbocycles. The van der Waals surface area contributed by atoms with Crippen molar-refractivity contribution in [1.29, 1.82) is 0 Å². The summed E-state index contributed by atoms with van der Waals surface area (Å²) in [5.74, 6) is 1.30. The predicted octanol–water partition coefficient (Wildman–Crippen LogP) is 5.43. The Balaban J connectivity index is 1.63. The van der Waals surface area contributed by atoms with Gasteiger partial charge in [-0.3, -0.25) is 9.59 Å². The molecule has 176 valence electrons. The molecule has 1 heterocycles. The fraction of sp³-hybridized carbons (Fsp3) is 0.704. The minimum Gasteiger partial charge on any atom is -0.487 e. The minimum atomic E-state index is -0.0407. The second-order valence-electron chi connectivity index (χ2n) is 9.82. The fourth-order valence-corrected chi connectivity index (χ4v) is 5.84. The van der Waals surface area contributed by atoms with Crippen molar-refractivity contribution in [3.63, 3.8) is 0 Å². The third-order valence-electron chi connectivity index (χ3n) is 7.70. The molecule has 3 aliphatic rings. The molecule has 32 heavy (non-hydrogen) atoms. The molecule has 2 fully saturated rings. The monoisotopic (exact) mass is 440 g/mol. The Morgan fingerprint density at radius 2 is 1.59 bits per heavy atom. The summed E-state index contributed by atoms with van der Waals surface area (Å²) < 4.78 is 6.61. The molecule has 0 N–H and O–H groups in total. The molecule has 2 amide bonds. The van der Waals surface area contributed by atoms with Crippen molar-refractivity contribution in [2.45, 2.75) is 96.1 Å². The quantitative estimate of drug-likeness (QED) is 0.616. The van der Waals surface area contributed by atoms with Gasteiger partial charge in [-0.15, -0.1) is 0 Å². The van der Waals surface area contributed by atoms with Crippen molar-refractivity contribution in [2.24, 2.45) is 5.92 Å². The van der Waals surface area contributed by atoms with Crippen molar-refractivity contribution in [3.8, 4) is 5.75 Å². The van der Waals surface area contributed by atoms with Crippen LogP contribution in [0, 0.1) is 5.92 Å². The van der Waals surface area contributed by atoms with Crippen molar-refractivity contribution in [1.82, 2.24) is 9.80 Å². The molecule has 2 atom stereocenters. The highest BCUT2D eigenvalue weighted by atomic mass is 16.5. The van der Waals surface area contributed by atoms with Gasteiger partial charge < -0.3 is 14.5 Å². The van der Waals surface area contributed by atoms with Gasteiger partial charge >= 0.3 is 0 Å². The zero-order valence-corrected chi connectivity index (χ0v) is 19.8. The highest BCUT2D eigenvalue weighted by Crippen LogP contribution is 2.33. The topological polar surface area (TPSA) is 49.9 Å². The van der Waals surface area contributed by atoms with Crippen molar-refractivity contribution < 1.29 is 14.3 Å². The molecule has 1 aliphatic heterocycles.